The zero-order valence-electron chi connectivity index (χ0n) is 11.1. The maximum absolute atomic E-state index is 4.47. The summed E-state index contributed by atoms with van der Waals surface area (Å²) in [5, 5.41) is 0.717. The van der Waals surface area contributed by atoms with E-state index in [0.29, 0.717) is 15.4 Å². The van der Waals surface area contributed by atoms with E-state index < -0.39 is 0 Å². The lowest BCUT2D eigenvalue weighted by Crippen LogP contribution is -2.60. The van der Waals surface area contributed by atoms with E-state index in [9.17, 15) is 0 Å². The number of nitrogens with zero attached hydrogens (tertiary/aromatic N) is 1. The number of rotatable bonds is 4. The molecule has 1 fully saturated rings. The molecule has 15 heavy (non-hydrogen) atoms. The summed E-state index contributed by atoms with van der Waals surface area (Å²) in [5.41, 5.74) is 1.77. The van der Waals surface area contributed by atoms with Gasteiger partial charge in [0.05, 0.1) is 0 Å². The molecule has 2 heteroatoms. The van der Waals surface area contributed by atoms with Crippen LogP contribution in [-0.4, -0.2) is 22.8 Å². The molecule has 0 aliphatic heterocycles. The Labute approximate surface area is 99.1 Å². The molecule has 0 heterocycles. The predicted molar refractivity (Wildman–Crippen MR) is 72.1 cm³/mol. The van der Waals surface area contributed by atoms with Crippen LogP contribution >= 0.6 is 11.8 Å². The van der Waals surface area contributed by atoms with Gasteiger partial charge < -0.3 is 0 Å². The highest BCUT2D eigenvalue weighted by Crippen LogP contribution is 2.60. The van der Waals surface area contributed by atoms with E-state index in [-0.39, 0.29) is 0 Å². The minimum Gasteiger partial charge on any atom is -0.297 e. The fourth-order valence-corrected chi connectivity index (χ4v) is 4.70. The van der Waals surface area contributed by atoms with Crippen molar-refractivity contribution in [1.82, 2.24) is 0 Å². The number of hydrogen-bond donors (Lipinski definition) is 0. The molecule has 1 unspecified atom stereocenters. The van der Waals surface area contributed by atoms with Crippen molar-refractivity contribution in [3.8, 4) is 0 Å². The van der Waals surface area contributed by atoms with Gasteiger partial charge in [-0.1, -0.05) is 34.6 Å². The van der Waals surface area contributed by atoms with E-state index in [0.717, 1.165) is 0 Å². The summed E-state index contributed by atoms with van der Waals surface area (Å²) in [6, 6.07) is 0. The minimum atomic E-state index is 0.339. The van der Waals surface area contributed by atoms with E-state index >= 15 is 0 Å². The van der Waals surface area contributed by atoms with Crippen LogP contribution in [0.1, 0.15) is 53.9 Å². The summed E-state index contributed by atoms with van der Waals surface area (Å²) >= 11 is 2.16. The van der Waals surface area contributed by atoms with Gasteiger partial charge in [-0.05, 0) is 18.1 Å². The van der Waals surface area contributed by atoms with E-state index in [2.05, 4.69) is 51.4 Å². The van der Waals surface area contributed by atoms with Gasteiger partial charge >= 0.3 is 0 Å². The Hall–Kier alpha value is 0.0200. The van der Waals surface area contributed by atoms with Crippen molar-refractivity contribution in [1.29, 1.82) is 0 Å². The second-order valence-corrected chi connectivity index (χ2v) is 7.01. The van der Waals surface area contributed by atoms with Crippen molar-refractivity contribution in [2.75, 3.05) is 7.05 Å². The van der Waals surface area contributed by atoms with Crippen molar-refractivity contribution in [2.24, 2.45) is 10.4 Å². The van der Waals surface area contributed by atoms with Gasteiger partial charge in [0.15, 0.2) is 0 Å². The Balaban J connectivity index is 2.94. The largest absolute Gasteiger partial charge is 0.297 e. The second-order valence-electron chi connectivity index (χ2n) is 5.05. The highest BCUT2D eigenvalue weighted by molar-refractivity contribution is 8.01. The Morgan fingerprint density at radius 2 is 1.93 bits per heavy atom. The fraction of sp³-hybridized carbons (Fsp3) is 0.923. The van der Waals surface area contributed by atoms with Gasteiger partial charge in [0.25, 0.3) is 0 Å². The molecule has 1 aliphatic rings. The van der Waals surface area contributed by atoms with Crippen LogP contribution in [0, 0.1) is 5.41 Å². The van der Waals surface area contributed by atoms with Crippen LogP contribution in [-0.2, 0) is 0 Å². The second kappa shape index (κ2) is 4.48. The Kier molecular flexibility index (Phi) is 3.91. The molecule has 1 saturated carbocycles. The number of thioether (sulfide) groups is 1. The monoisotopic (exact) mass is 227 g/mol. The quantitative estimate of drug-likeness (QED) is 0.702. The molecule has 1 rings (SSSR count). The maximum atomic E-state index is 4.47. The molecule has 88 valence electrons. The van der Waals surface area contributed by atoms with Crippen LogP contribution < -0.4 is 0 Å². The standard InChI is InChI=1S/C13H25NS/c1-7-12(5)11(14-6)9-13(12,8-2)15-10(3)4/h10H,7-9H2,1-6H3/b14-11+/t12-,13?/m1/s1. The maximum Gasteiger partial charge on any atom is 0.0317 e. The van der Waals surface area contributed by atoms with E-state index in [4.69, 9.17) is 0 Å². The normalized spacial score (nSPS) is 38.5. The minimum absolute atomic E-state index is 0.339. The smallest absolute Gasteiger partial charge is 0.0317 e. The first-order valence-electron chi connectivity index (χ1n) is 6.09. The van der Waals surface area contributed by atoms with Gasteiger partial charge in [0.2, 0.25) is 0 Å². The van der Waals surface area contributed by atoms with Crippen LogP contribution in [0.25, 0.3) is 0 Å². The summed E-state index contributed by atoms with van der Waals surface area (Å²) in [7, 11) is 1.95. The fourth-order valence-electron chi connectivity index (χ4n) is 2.89. The molecular formula is C13H25NS. The lowest BCUT2D eigenvalue weighted by molar-refractivity contribution is 0.245. The Morgan fingerprint density at radius 3 is 2.27 bits per heavy atom. The van der Waals surface area contributed by atoms with Crippen molar-refractivity contribution in [3.05, 3.63) is 0 Å². The van der Waals surface area contributed by atoms with Crippen LogP contribution in [0.2, 0.25) is 0 Å². The number of hydrogen-bond acceptors (Lipinski definition) is 2. The third-order valence-corrected chi connectivity index (χ3v) is 5.91. The summed E-state index contributed by atoms with van der Waals surface area (Å²) in [5.74, 6) is 0. The van der Waals surface area contributed by atoms with Gasteiger partial charge in [0.1, 0.15) is 0 Å². The van der Waals surface area contributed by atoms with E-state index in [1.807, 2.05) is 7.05 Å². The van der Waals surface area contributed by atoms with Crippen LogP contribution in [0.5, 0.6) is 0 Å². The first kappa shape index (κ1) is 13.1. The average Bonchev–Trinajstić information content (AvgIpc) is 2.21. The molecule has 0 saturated heterocycles. The number of aliphatic imine (C=N–C) groups is 1. The SMILES string of the molecule is CCC1(SC(C)C)C/C(=N\C)[C@@]1(C)CC. The zero-order chi connectivity index (χ0) is 11.7. The molecule has 0 amide bonds. The molecule has 1 nitrogen and oxygen atoms in total. The zero-order valence-corrected chi connectivity index (χ0v) is 11.9. The Bertz CT molecular complexity index is 259. The lowest BCUT2D eigenvalue weighted by atomic mass is 9.56. The summed E-state index contributed by atoms with van der Waals surface area (Å²) < 4.78 is 0.449. The van der Waals surface area contributed by atoms with Crippen LogP contribution in [0.15, 0.2) is 4.99 Å². The summed E-state index contributed by atoms with van der Waals surface area (Å²) in [4.78, 5) is 4.47. The van der Waals surface area contributed by atoms with Crippen LogP contribution in [0.4, 0.5) is 0 Å². The molecule has 0 radical (unpaired) electrons. The molecule has 2 atom stereocenters. The average molecular weight is 227 g/mol. The van der Waals surface area contributed by atoms with Gasteiger partial charge in [-0.25, -0.2) is 0 Å². The van der Waals surface area contributed by atoms with E-state index in [1.165, 1.54) is 25.0 Å². The van der Waals surface area contributed by atoms with Crippen molar-refractivity contribution in [3.63, 3.8) is 0 Å². The molecule has 0 bridgehead atoms. The molecule has 0 aromatic heterocycles. The summed E-state index contributed by atoms with van der Waals surface area (Å²) in [6.45, 7) is 11.6. The molecule has 0 aromatic rings. The first-order chi connectivity index (χ1) is 6.95. The Morgan fingerprint density at radius 1 is 1.33 bits per heavy atom. The highest BCUT2D eigenvalue weighted by atomic mass is 32.2. The van der Waals surface area contributed by atoms with Crippen molar-refractivity contribution in [2.45, 2.75) is 63.9 Å². The molecule has 0 N–H and O–H groups in total. The summed E-state index contributed by atoms with van der Waals surface area (Å²) in [6.07, 6.45) is 3.68. The highest BCUT2D eigenvalue weighted by Gasteiger charge is 2.58. The van der Waals surface area contributed by atoms with Gasteiger partial charge in [-0.2, -0.15) is 11.8 Å². The lowest BCUT2D eigenvalue weighted by Gasteiger charge is -2.59. The van der Waals surface area contributed by atoms with Crippen LogP contribution in [0.3, 0.4) is 0 Å². The van der Waals surface area contributed by atoms with Gasteiger partial charge in [-0.15, -0.1) is 0 Å². The van der Waals surface area contributed by atoms with Gasteiger partial charge in [-0.3, -0.25) is 4.99 Å². The van der Waals surface area contributed by atoms with E-state index in [1.54, 1.807) is 0 Å². The van der Waals surface area contributed by atoms with Crippen molar-refractivity contribution >= 4 is 17.5 Å². The van der Waals surface area contributed by atoms with Gasteiger partial charge in [0, 0.05) is 29.3 Å². The molecule has 1 aliphatic carbocycles. The third-order valence-electron chi connectivity index (χ3n) is 4.10. The molecular weight excluding hydrogens is 202 g/mol. The van der Waals surface area contributed by atoms with Crippen molar-refractivity contribution < 1.29 is 0 Å². The topological polar surface area (TPSA) is 12.4 Å². The predicted octanol–water partition coefficient (Wildman–Crippen LogP) is 4.17. The molecule has 0 aromatic carbocycles. The molecule has 0 spiro atoms. The first-order valence-corrected chi connectivity index (χ1v) is 6.97. The third kappa shape index (κ3) is 1.86.